The zero-order chi connectivity index (χ0) is 15.4. The summed E-state index contributed by atoms with van der Waals surface area (Å²) in [5.41, 5.74) is -0.0921. The number of hydrogen-bond acceptors (Lipinski definition) is 6. The summed E-state index contributed by atoms with van der Waals surface area (Å²) >= 11 is 1.07. The number of hydrogen-bond donors (Lipinski definition) is 1. The van der Waals surface area contributed by atoms with E-state index in [1.54, 1.807) is 12.1 Å². The zero-order valence-electron chi connectivity index (χ0n) is 10.4. The maximum Gasteiger partial charge on any atom is 0.335 e. The number of benzene rings is 1. The highest BCUT2D eigenvalue weighted by Crippen LogP contribution is 2.30. The van der Waals surface area contributed by atoms with E-state index in [0.717, 1.165) is 24.0 Å². The number of rotatable bonds is 4. The molecule has 2 rings (SSSR count). The maximum absolute atomic E-state index is 10.9. The van der Waals surface area contributed by atoms with Gasteiger partial charge in [-0.25, -0.2) is 9.78 Å². The minimum absolute atomic E-state index is 0.0647. The van der Waals surface area contributed by atoms with Crippen LogP contribution in [-0.2, 0) is 0 Å². The number of nitro groups is 1. The first-order valence-corrected chi connectivity index (χ1v) is 6.38. The Morgan fingerprint density at radius 3 is 2.81 bits per heavy atom. The first-order valence-electron chi connectivity index (χ1n) is 5.57. The molecule has 0 saturated carbocycles. The Kier molecular flexibility index (Phi) is 4.15. The van der Waals surface area contributed by atoms with Crippen molar-refractivity contribution in [2.24, 2.45) is 0 Å². The number of nitriles is 1. The Bertz CT molecular complexity index is 770. The Labute approximate surface area is 123 Å². The highest BCUT2D eigenvalue weighted by molar-refractivity contribution is 7.99. The molecule has 0 bridgehead atoms. The molecule has 0 spiro atoms. The predicted molar refractivity (Wildman–Crippen MR) is 73.1 cm³/mol. The molecule has 0 saturated heterocycles. The van der Waals surface area contributed by atoms with Crippen molar-refractivity contribution in [3.8, 4) is 6.07 Å². The van der Waals surface area contributed by atoms with Crippen LogP contribution in [0, 0.1) is 21.4 Å². The van der Waals surface area contributed by atoms with Crippen LogP contribution in [0.15, 0.2) is 46.5 Å². The maximum atomic E-state index is 10.9. The molecule has 2 aromatic rings. The van der Waals surface area contributed by atoms with E-state index in [-0.39, 0.29) is 21.8 Å². The van der Waals surface area contributed by atoms with Crippen molar-refractivity contribution in [1.82, 2.24) is 4.98 Å². The van der Waals surface area contributed by atoms with Gasteiger partial charge in [0.25, 0.3) is 5.69 Å². The second-order valence-corrected chi connectivity index (χ2v) is 4.91. The normalized spacial score (nSPS) is 9.86. The Morgan fingerprint density at radius 2 is 2.19 bits per heavy atom. The van der Waals surface area contributed by atoms with Crippen LogP contribution in [0.4, 0.5) is 5.69 Å². The third-order valence-corrected chi connectivity index (χ3v) is 3.47. The molecule has 0 amide bonds. The molecule has 8 heteroatoms. The van der Waals surface area contributed by atoms with Gasteiger partial charge >= 0.3 is 5.97 Å². The van der Waals surface area contributed by atoms with Gasteiger partial charge in [0.1, 0.15) is 17.3 Å². The molecule has 21 heavy (non-hydrogen) atoms. The van der Waals surface area contributed by atoms with Gasteiger partial charge in [-0.05, 0) is 18.2 Å². The summed E-state index contributed by atoms with van der Waals surface area (Å²) < 4.78 is 0. The molecule has 0 radical (unpaired) electrons. The van der Waals surface area contributed by atoms with Crippen molar-refractivity contribution < 1.29 is 14.8 Å². The summed E-state index contributed by atoms with van der Waals surface area (Å²) in [5, 5.41) is 28.9. The minimum Gasteiger partial charge on any atom is -0.478 e. The first kappa shape index (κ1) is 14.5. The van der Waals surface area contributed by atoms with Gasteiger partial charge in [-0.1, -0.05) is 17.8 Å². The van der Waals surface area contributed by atoms with Gasteiger partial charge in [-0.15, -0.1) is 0 Å². The SMILES string of the molecule is N#Cc1cc([N+](=O)[O-])cnc1Sc1cccc(C(=O)O)c1. The largest absolute Gasteiger partial charge is 0.478 e. The van der Waals surface area contributed by atoms with E-state index in [1.807, 2.05) is 6.07 Å². The monoisotopic (exact) mass is 301 g/mol. The van der Waals surface area contributed by atoms with Crippen LogP contribution in [0.1, 0.15) is 15.9 Å². The Balaban J connectivity index is 2.36. The molecule has 1 N–H and O–H groups in total. The number of carboxylic acid groups (broad SMARTS) is 1. The summed E-state index contributed by atoms with van der Waals surface area (Å²) in [6.45, 7) is 0. The fourth-order valence-electron chi connectivity index (χ4n) is 1.51. The minimum atomic E-state index is -1.06. The van der Waals surface area contributed by atoms with Crippen molar-refractivity contribution in [3.63, 3.8) is 0 Å². The number of aromatic carboxylic acids is 1. The highest BCUT2D eigenvalue weighted by atomic mass is 32.2. The number of nitrogens with zero attached hydrogens (tertiary/aromatic N) is 3. The van der Waals surface area contributed by atoms with Gasteiger partial charge in [0.2, 0.25) is 0 Å². The van der Waals surface area contributed by atoms with Crippen molar-refractivity contribution in [2.75, 3.05) is 0 Å². The van der Waals surface area contributed by atoms with E-state index in [4.69, 9.17) is 10.4 Å². The smallest absolute Gasteiger partial charge is 0.335 e. The van der Waals surface area contributed by atoms with E-state index in [2.05, 4.69) is 4.98 Å². The number of carbonyl (C=O) groups is 1. The topological polar surface area (TPSA) is 117 Å². The molecule has 7 nitrogen and oxygen atoms in total. The van der Waals surface area contributed by atoms with Crippen LogP contribution in [0.3, 0.4) is 0 Å². The van der Waals surface area contributed by atoms with Crippen LogP contribution >= 0.6 is 11.8 Å². The van der Waals surface area contributed by atoms with Gasteiger partial charge in [0.15, 0.2) is 0 Å². The van der Waals surface area contributed by atoms with Crippen molar-refractivity contribution in [1.29, 1.82) is 5.26 Å². The summed E-state index contributed by atoms with van der Waals surface area (Å²) in [4.78, 5) is 25.4. The summed E-state index contributed by atoms with van der Waals surface area (Å²) in [6.07, 6.45) is 1.06. The van der Waals surface area contributed by atoms with Crippen LogP contribution in [0.2, 0.25) is 0 Å². The molecule has 0 atom stereocenters. The van der Waals surface area contributed by atoms with Crippen LogP contribution in [0.25, 0.3) is 0 Å². The van der Waals surface area contributed by atoms with Gasteiger partial charge in [0, 0.05) is 11.0 Å². The Hall–Kier alpha value is -2.92. The molecule has 1 heterocycles. The lowest BCUT2D eigenvalue weighted by atomic mass is 10.2. The molecule has 0 aliphatic rings. The summed E-state index contributed by atoms with van der Waals surface area (Å²) in [7, 11) is 0. The van der Waals surface area contributed by atoms with Gasteiger partial charge in [-0.3, -0.25) is 10.1 Å². The van der Waals surface area contributed by atoms with Crippen molar-refractivity contribution in [2.45, 2.75) is 9.92 Å². The summed E-state index contributed by atoms with van der Waals surface area (Å²) in [5.74, 6) is -1.06. The lowest BCUT2D eigenvalue weighted by Crippen LogP contribution is -1.96. The fourth-order valence-corrected chi connectivity index (χ4v) is 2.38. The van der Waals surface area contributed by atoms with Crippen LogP contribution < -0.4 is 0 Å². The quantitative estimate of drug-likeness (QED) is 0.681. The fraction of sp³-hybridized carbons (Fsp3) is 0. The van der Waals surface area contributed by atoms with Gasteiger partial charge < -0.3 is 5.11 Å². The molecule has 0 unspecified atom stereocenters. The standard InChI is InChI=1S/C13H7N3O4S/c14-6-9-4-10(16(19)20)7-15-12(9)21-11-3-1-2-8(5-11)13(17)18/h1-5,7H,(H,17,18). The average Bonchev–Trinajstić information content (AvgIpc) is 2.47. The molecule has 0 aliphatic heterocycles. The Morgan fingerprint density at radius 1 is 1.43 bits per heavy atom. The summed E-state index contributed by atoms with van der Waals surface area (Å²) in [6, 6.07) is 9.11. The molecule has 0 fully saturated rings. The average molecular weight is 301 g/mol. The van der Waals surface area contributed by atoms with E-state index < -0.39 is 10.9 Å². The first-order chi connectivity index (χ1) is 10.0. The molecular weight excluding hydrogens is 294 g/mol. The molecule has 1 aromatic carbocycles. The second kappa shape index (κ2) is 6.02. The lowest BCUT2D eigenvalue weighted by molar-refractivity contribution is -0.385. The third kappa shape index (κ3) is 3.34. The molecular formula is C13H7N3O4S. The van der Waals surface area contributed by atoms with E-state index >= 15 is 0 Å². The molecule has 0 aliphatic carbocycles. The zero-order valence-corrected chi connectivity index (χ0v) is 11.2. The number of aromatic nitrogens is 1. The van der Waals surface area contributed by atoms with Gasteiger partial charge in [-0.2, -0.15) is 5.26 Å². The molecule has 104 valence electrons. The third-order valence-electron chi connectivity index (χ3n) is 2.46. The van der Waals surface area contributed by atoms with Crippen LogP contribution in [0.5, 0.6) is 0 Å². The van der Waals surface area contributed by atoms with Crippen LogP contribution in [-0.4, -0.2) is 21.0 Å². The van der Waals surface area contributed by atoms with Crippen molar-refractivity contribution in [3.05, 3.63) is 57.8 Å². The second-order valence-electron chi connectivity index (χ2n) is 3.85. The predicted octanol–water partition coefficient (Wildman–Crippen LogP) is 2.71. The van der Waals surface area contributed by atoms with E-state index in [9.17, 15) is 14.9 Å². The van der Waals surface area contributed by atoms with E-state index in [1.165, 1.54) is 12.1 Å². The number of pyridine rings is 1. The van der Waals surface area contributed by atoms with Gasteiger partial charge in [0.05, 0.1) is 16.1 Å². The highest BCUT2D eigenvalue weighted by Gasteiger charge is 2.14. The molecule has 1 aromatic heterocycles. The number of carboxylic acids is 1. The van der Waals surface area contributed by atoms with Crippen molar-refractivity contribution >= 4 is 23.4 Å². The lowest BCUT2D eigenvalue weighted by Gasteiger charge is -2.03. The van der Waals surface area contributed by atoms with E-state index in [0.29, 0.717) is 4.90 Å².